The van der Waals surface area contributed by atoms with E-state index in [1.807, 2.05) is 0 Å². The van der Waals surface area contributed by atoms with Crippen LogP contribution in [-0.4, -0.2) is 29.6 Å². The number of Topliss-reactive ketones (excluding diaryl/α,β-unsaturated/α-hetero) is 1. The van der Waals surface area contributed by atoms with E-state index in [1.165, 1.54) is 0 Å². The summed E-state index contributed by atoms with van der Waals surface area (Å²) in [5, 5.41) is 9.55. The summed E-state index contributed by atoms with van der Waals surface area (Å²) in [6.07, 6.45) is 1.57. The Morgan fingerprint density at radius 2 is 2.36 bits per heavy atom. The molecular formula is C10H16O4. The second-order valence-corrected chi connectivity index (χ2v) is 3.52. The van der Waals surface area contributed by atoms with Gasteiger partial charge >= 0.3 is 5.97 Å². The molecule has 1 N–H and O–H groups in total. The molecule has 0 bridgehead atoms. The van der Waals surface area contributed by atoms with Crippen LogP contribution in [-0.2, 0) is 14.3 Å². The Kier molecular flexibility index (Phi) is 4.07. The van der Waals surface area contributed by atoms with Crippen LogP contribution in [0.5, 0.6) is 0 Å². The largest absolute Gasteiger partial charge is 0.464 e. The van der Waals surface area contributed by atoms with E-state index in [1.54, 1.807) is 6.92 Å². The van der Waals surface area contributed by atoms with Gasteiger partial charge in [-0.1, -0.05) is 6.42 Å². The van der Waals surface area contributed by atoms with E-state index in [0.29, 0.717) is 12.8 Å². The maximum absolute atomic E-state index is 11.4. The first-order chi connectivity index (χ1) is 6.66. The molecule has 4 nitrogen and oxygen atoms in total. The highest BCUT2D eigenvalue weighted by Gasteiger charge is 2.34. The molecule has 2 atom stereocenters. The van der Waals surface area contributed by atoms with E-state index in [9.17, 15) is 14.7 Å². The molecule has 14 heavy (non-hydrogen) atoms. The number of aliphatic hydroxyl groups is 1. The van der Waals surface area contributed by atoms with Crippen molar-refractivity contribution in [2.24, 2.45) is 5.92 Å². The SMILES string of the molecule is CCOC(=O)[C@@H](O)C1CCCCC1=O. The number of carbonyl (C=O) groups is 2. The molecule has 0 aromatic rings. The summed E-state index contributed by atoms with van der Waals surface area (Å²) in [7, 11) is 0. The van der Waals surface area contributed by atoms with E-state index in [2.05, 4.69) is 4.74 Å². The predicted molar refractivity (Wildman–Crippen MR) is 49.6 cm³/mol. The Hall–Kier alpha value is -0.900. The van der Waals surface area contributed by atoms with Gasteiger partial charge in [-0.3, -0.25) is 4.79 Å². The molecule has 1 fully saturated rings. The van der Waals surface area contributed by atoms with Crippen molar-refractivity contribution in [3.63, 3.8) is 0 Å². The summed E-state index contributed by atoms with van der Waals surface area (Å²) in [6, 6.07) is 0. The molecule has 80 valence electrons. The molecule has 1 aliphatic carbocycles. The zero-order valence-electron chi connectivity index (χ0n) is 8.36. The van der Waals surface area contributed by atoms with Crippen LogP contribution in [0.3, 0.4) is 0 Å². The van der Waals surface area contributed by atoms with E-state index in [-0.39, 0.29) is 12.4 Å². The van der Waals surface area contributed by atoms with Crippen LogP contribution in [0.25, 0.3) is 0 Å². The zero-order valence-corrected chi connectivity index (χ0v) is 8.36. The lowest BCUT2D eigenvalue weighted by atomic mass is 9.84. The molecule has 0 spiro atoms. The Morgan fingerprint density at radius 3 is 2.93 bits per heavy atom. The van der Waals surface area contributed by atoms with Gasteiger partial charge in [-0.05, 0) is 19.8 Å². The summed E-state index contributed by atoms with van der Waals surface area (Å²) in [5.74, 6) is -1.23. The Bertz CT molecular complexity index is 224. The number of carbonyl (C=O) groups excluding carboxylic acids is 2. The van der Waals surface area contributed by atoms with Gasteiger partial charge in [0.15, 0.2) is 6.10 Å². The fourth-order valence-electron chi connectivity index (χ4n) is 1.74. The summed E-state index contributed by atoms with van der Waals surface area (Å²) in [5.41, 5.74) is 0. The second-order valence-electron chi connectivity index (χ2n) is 3.52. The number of ether oxygens (including phenoxy) is 1. The van der Waals surface area contributed by atoms with Gasteiger partial charge < -0.3 is 9.84 Å². The van der Waals surface area contributed by atoms with E-state index in [4.69, 9.17) is 0 Å². The van der Waals surface area contributed by atoms with E-state index >= 15 is 0 Å². The van der Waals surface area contributed by atoms with Gasteiger partial charge in [-0.2, -0.15) is 0 Å². The van der Waals surface area contributed by atoms with Crippen molar-refractivity contribution in [2.45, 2.75) is 38.7 Å². The average molecular weight is 200 g/mol. The molecule has 0 amide bonds. The third-order valence-electron chi connectivity index (χ3n) is 2.51. The Labute approximate surface area is 83.2 Å². The van der Waals surface area contributed by atoms with Crippen LogP contribution in [0, 0.1) is 5.92 Å². The van der Waals surface area contributed by atoms with Gasteiger partial charge in [0.05, 0.1) is 12.5 Å². The standard InChI is InChI=1S/C10H16O4/c1-2-14-10(13)9(12)7-5-3-4-6-8(7)11/h7,9,12H,2-6H2,1H3/t7?,9-/m0/s1. The van der Waals surface area contributed by atoms with Crippen molar-refractivity contribution in [3.05, 3.63) is 0 Å². The van der Waals surface area contributed by atoms with Crippen LogP contribution in [0.15, 0.2) is 0 Å². The lowest BCUT2D eigenvalue weighted by molar-refractivity contribution is -0.159. The van der Waals surface area contributed by atoms with Crippen molar-refractivity contribution >= 4 is 11.8 Å². The highest BCUT2D eigenvalue weighted by atomic mass is 16.5. The maximum Gasteiger partial charge on any atom is 0.335 e. The number of hydrogen-bond acceptors (Lipinski definition) is 4. The van der Waals surface area contributed by atoms with Gasteiger partial charge in [0.25, 0.3) is 0 Å². The van der Waals surface area contributed by atoms with Gasteiger partial charge in [0.1, 0.15) is 5.78 Å². The lowest BCUT2D eigenvalue weighted by Gasteiger charge is -2.23. The Balaban J connectivity index is 2.53. The third kappa shape index (κ3) is 2.54. The molecule has 1 rings (SSSR count). The van der Waals surface area contributed by atoms with E-state index in [0.717, 1.165) is 12.8 Å². The molecule has 0 aromatic carbocycles. The molecule has 0 heterocycles. The third-order valence-corrected chi connectivity index (χ3v) is 2.51. The molecule has 1 saturated carbocycles. The average Bonchev–Trinajstić information content (AvgIpc) is 2.18. The first-order valence-corrected chi connectivity index (χ1v) is 5.04. The fourth-order valence-corrected chi connectivity index (χ4v) is 1.74. The number of ketones is 1. The second kappa shape index (κ2) is 5.10. The molecule has 0 aromatic heterocycles. The maximum atomic E-state index is 11.4. The Morgan fingerprint density at radius 1 is 1.64 bits per heavy atom. The zero-order chi connectivity index (χ0) is 10.6. The highest BCUT2D eigenvalue weighted by molar-refractivity contribution is 5.88. The minimum absolute atomic E-state index is 0.0168. The van der Waals surface area contributed by atoms with Crippen molar-refractivity contribution < 1.29 is 19.4 Å². The van der Waals surface area contributed by atoms with Crippen molar-refractivity contribution in [1.29, 1.82) is 0 Å². The molecular weight excluding hydrogens is 184 g/mol. The fraction of sp³-hybridized carbons (Fsp3) is 0.800. The molecule has 0 saturated heterocycles. The number of hydrogen-bond donors (Lipinski definition) is 1. The number of aliphatic hydroxyl groups excluding tert-OH is 1. The van der Waals surface area contributed by atoms with Crippen molar-refractivity contribution in [3.8, 4) is 0 Å². The van der Waals surface area contributed by atoms with Crippen molar-refractivity contribution in [2.75, 3.05) is 6.61 Å². The normalized spacial score (nSPS) is 24.4. The van der Waals surface area contributed by atoms with Crippen LogP contribution < -0.4 is 0 Å². The number of rotatable bonds is 3. The predicted octanol–water partition coefficient (Wildman–Crippen LogP) is 0.670. The summed E-state index contributed by atoms with van der Waals surface area (Å²) in [4.78, 5) is 22.5. The van der Waals surface area contributed by atoms with Gasteiger partial charge in [-0.15, -0.1) is 0 Å². The first-order valence-electron chi connectivity index (χ1n) is 5.04. The molecule has 4 heteroatoms. The van der Waals surface area contributed by atoms with Crippen LogP contribution in [0.2, 0.25) is 0 Å². The minimum Gasteiger partial charge on any atom is -0.464 e. The molecule has 1 unspecified atom stereocenters. The van der Waals surface area contributed by atoms with Gasteiger partial charge in [-0.25, -0.2) is 4.79 Å². The van der Waals surface area contributed by atoms with Crippen LogP contribution in [0.1, 0.15) is 32.6 Å². The summed E-state index contributed by atoms with van der Waals surface area (Å²) < 4.78 is 4.66. The van der Waals surface area contributed by atoms with E-state index < -0.39 is 18.0 Å². The molecule has 1 aliphatic rings. The van der Waals surface area contributed by atoms with Gasteiger partial charge in [0, 0.05) is 6.42 Å². The smallest absolute Gasteiger partial charge is 0.335 e. The van der Waals surface area contributed by atoms with Crippen LogP contribution >= 0.6 is 0 Å². The highest BCUT2D eigenvalue weighted by Crippen LogP contribution is 2.24. The van der Waals surface area contributed by atoms with Crippen molar-refractivity contribution in [1.82, 2.24) is 0 Å². The quantitative estimate of drug-likeness (QED) is 0.680. The monoisotopic (exact) mass is 200 g/mol. The van der Waals surface area contributed by atoms with Gasteiger partial charge in [0.2, 0.25) is 0 Å². The summed E-state index contributed by atoms with van der Waals surface area (Å²) in [6.45, 7) is 1.91. The number of esters is 1. The first kappa shape index (κ1) is 11.2. The van der Waals surface area contributed by atoms with Crippen LogP contribution in [0.4, 0.5) is 0 Å². The topological polar surface area (TPSA) is 63.6 Å². The lowest BCUT2D eigenvalue weighted by Crippen LogP contribution is -2.37. The molecule has 0 radical (unpaired) electrons. The molecule has 0 aliphatic heterocycles. The minimum atomic E-state index is -1.26. The summed E-state index contributed by atoms with van der Waals surface area (Å²) >= 11 is 0.